The lowest BCUT2D eigenvalue weighted by atomic mass is 9.91. The molecule has 2 fully saturated rings. The van der Waals surface area contributed by atoms with Gasteiger partial charge < -0.3 is 19.9 Å². The molecule has 0 unspecified atom stereocenters. The molecular weight excluding hydrogens is 603 g/mol. The van der Waals surface area contributed by atoms with Crippen molar-refractivity contribution in [3.05, 3.63) is 100 Å². The van der Waals surface area contributed by atoms with Crippen molar-refractivity contribution in [1.82, 2.24) is 20.1 Å². The molecule has 10 heteroatoms. The molecule has 224 valence electrons. The predicted octanol–water partition coefficient (Wildman–Crippen LogP) is 6.32. The van der Waals surface area contributed by atoms with Gasteiger partial charge in [-0.1, -0.05) is 59.6 Å². The van der Waals surface area contributed by atoms with Gasteiger partial charge in [0.15, 0.2) is 0 Å². The second-order valence-corrected chi connectivity index (χ2v) is 13.3. The molecule has 0 aliphatic carbocycles. The Hall–Kier alpha value is -3.01. The lowest BCUT2D eigenvalue weighted by Gasteiger charge is -2.36. The number of benzene rings is 3. The maximum Gasteiger partial charge on any atom is 0.239 e. The first-order valence-corrected chi connectivity index (χ1v) is 16.1. The molecule has 3 heterocycles. The Morgan fingerprint density at radius 2 is 1.77 bits per heavy atom. The number of morpholine rings is 1. The van der Waals surface area contributed by atoms with E-state index in [1.165, 1.54) is 11.8 Å². The van der Waals surface area contributed by atoms with Gasteiger partial charge in [-0.05, 0) is 54.9 Å². The first-order chi connectivity index (χ1) is 20.9. The van der Waals surface area contributed by atoms with E-state index in [0.29, 0.717) is 23.1 Å². The second-order valence-electron chi connectivity index (χ2n) is 11.0. The molecular formula is C33H34Cl2N4O3S. The van der Waals surface area contributed by atoms with Crippen molar-refractivity contribution < 1.29 is 14.3 Å². The van der Waals surface area contributed by atoms with E-state index in [2.05, 4.69) is 15.2 Å². The molecule has 1 aromatic heterocycles. The molecule has 0 radical (unpaired) electrons. The predicted molar refractivity (Wildman–Crippen MR) is 173 cm³/mol. The number of hydrogen-bond donors (Lipinski definition) is 2. The summed E-state index contributed by atoms with van der Waals surface area (Å²) < 4.78 is 4.35. The highest BCUT2D eigenvalue weighted by molar-refractivity contribution is 8.01. The fraction of sp³-hybridized carbons (Fsp3) is 0.333. The van der Waals surface area contributed by atoms with Gasteiger partial charge in [0.1, 0.15) is 4.75 Å². The highest BCUT2D eigenvalue weighted by atomic mass is 35.5. The average molecular weight is 638 g/mol. The van der Waals surface area contributed by atoms with Crippen molar-refractivity contribution in [2.75, 3.05) is 39.4 Å². The fourth-order valence-electron chi connectivity index (χ4n) is 6.07. The lowest BCUT2D eigenvalue weighted by molar-refractivity contribution is -0.129. The van der Waals surface area contributed by atoms with Crippen molar-refractivity contribution in [2.45, 2.75) is 35.1 Å². The van der Waals surface area contributed by atoms with E-state index in [0.717, 1.165) is 66.2 Å². The fourth-order valence-corrected chi connectivity index (χ4v) is 7.81. The summed E-state index contributed by atoms with van der Waals surface area (Å²) in [5.74, 6) is -0.209. The minimum absolute atomic E-state index is 0.0698. The number of aromatic nitrogens is 1. The van der Waals surface area contributed by atoms with Gasteiger partial charge in [0.05, 0.1) is 25.7 Å². The van der Waals surface area contributed by atoms with Crippen LogP contribution >= 0.6 is 35.0 Å². The zero-order valence-electron chi connectivity index (χ0n) is 23.7. The molecule has 2 saturated heterocycles. The molecule has 2 amide bonds. The third-order valence-electron chi connectivity index (χ3n) is 8.19. The molecule has 2 atom stereocenters. The maximum absolute atomic E-state index is 14.5. The topological polar surface area (TPSA) is 77.7 Å². The minimum atomic E-state index is -1.11. The summed E-state index contributed by atoms with van der Waals surface area (Å²) in [6.07, 6.45) is 2.81. The zero-order valence-corrected chi connectivity index (χ0v) is 26.1. The van der Waals surface area contributed by atoms with Crippen LogP contribution in [0.1, 0.15) is 30.0 Å². The van der Waals surface area contributed by atoms with Crippen LogP contribution in [0.2, 0.25) is 10.0 Å². The number of amides is 2. The zero-order chi connectivity index (χ0) is 29.8. The van der Waals surface area contributed by atoms with Gasteiger partial charge >= 0.3 is 0 Å². The van der Waals surface area contributed by atoms with E-state index >= 15 is 0 Å². The molecule has 0 spiro atoms. The molecule has 6 rings (SSSR count). The van der Waals surface area contributed by atoms with Crippen molar-refractivity contribution in [3.8, 4) is 0 Å². The largest absolute Gasteiger partial charge is 0.379 e. The number of nitrogens with one attached hydrogen (secondary N) is 2. The Bertz CT molecular complexity index is 1580. The van der Waals surface area contributed by atoms with E-state index in [1.54, 1.807) is 0 Å². The number of halogens is 2. The van der Waals surface area contributed by atoms with Crippen molar-refractivity contribution in [1.29, 1.82) is 0 Å². The summed E-state index contributed by atoms with van der Waals surface area (Å²) in [6.45, 7) is 5.05. The van der Waals surface area contributed by atoms with Gasteiger partial charge in [-0.15, -0.1) is 11.8 Å². The number of fused-ring (bicyclic) bond motifs is 1. The van der Waals surface area contributed by atoms with Gasteiger partial charge in [-0.2, -0.15) is 0 Å². The standard InChI is InChI=1S/C33H34Cl2N4O3S/c34-24-9-7-23(8-10-24)22-39-30(40)20-33(43-26-5-2-1-3-6-26,32(41)36-13-4-14-38-15-17-42-18-16-38)31(39)28-21-37-29-19-25(35)11-12-27(28)29/h1-3,5-12,19,21,31,37H,4,13-18,20,22H2,(H,36,41)/t31-,33-/m0/s1. The second kappa shape index (κ2) is 13.3. The van der Waals surface area contributed by atoms with E-state index in [9.17, 15) is 9.59 Å². The first kappa shape index (κ1) is 30.0. The molecule has 2 N–H and O–H groups in total. The van der Waals surface area contributed by atoms with Crippen LogP contribution < -0.4 is 5.32 Å². The first-order valence-electron chi connectivity index (χ1n) is 14.6. The molecule has 2 aliphatic heterocycles. The number of rotatable bonds is 10. The lowest BCUT2D eigenvalue weighted by Crippen LogP contribution is -2.48. The molecule has 3 aromatic carbocycles. The Morgan fingerprint density at radius 3 is 2.53 bits per heavy atom. The molecule has 4 aromatic rings. The van der Waals surface area contributed by atoms with Crippen molar-refractivity contribution >= 4 is 57.7 Å². The average Bonchev–Trinajstić information content (AvgIpc) is 3.54. The van der Waals surface area contributed by atoms with Crippen LogP contribution in [0.3, 0.4) is 0 Å². The molecule has 2 aliphatic rings. The molecule has 0 bridgehead atoms. The van der Waals surface area contributed by atoms with E-state index in [4.69, 9.17) is 27.9 Å². The summed E-state index contributed by atoms with van der Waals surface area (Å²) in [5, 5.41) is 5.42. The SMILES string of the molecule is O=C1C[C@@](Sc2ccccc2)(C(=O)NCCCN2CCOCC2)[C@H](c2c[nH]c3cc(Cl)ccc23)N1Cc1ccc(Cl)cc1. The Balaban J connectivity index is 1.38. The van der Waals surface area contributed by atoms with Crippen molar-refractivity contribution in [2.24, 2.45) is 0 Å². The number of ether oxygens (including phenoxy) is 1. The highest BCUT2D eigenvalue weighted by Crippen LogP contribution is 2.54. The third kappa shape index (κ3) is 6.59. The number of carbonyl (C=O) groups excluding carboxylic acids is 2. The van der Waals surface area contributed by atoms with Gasteiger partial charge in [-0.25, -0.2) is 0 Å². The van der Waals surface area contributed by atoms with Gasteiger partial charge in [0.25, 0.3) is 0 Å². The molecule has 0 saturated carbocycles. The van der Waals surface area contributed by atoms with Gasteiger partial charge in [-0.3, -0.25) is 14.5 Å². The number of thioether (sulfide) groups is 1. The molecule has 7 nitrogen and oxygen atoms in total. The van der Waals surface area contributed by atoms with Gasteiger partial charge in [0.2, 0.25) is 11.8 Å². The van der Waals surface area contributed by atoms with Crippen LogP contribution in [-0.4, -0.2) is 70.7 Å². The molecule has 43 heavy (non-hydrogen) atoms. The van der Waals surface area contributed by atoms with Crippen LogP contribution in [0.4, 0.5) is 0 Å². The minimum Gasteiger partial charge on any atom is -0.379 e. The number of hydrogen-bond acceptors (Lipinski definition) is 5. The number of H-pyrrole nitrogens is 1. The summed E-state index contributed by atoms with van der Waals surface area (Å²) in [6, 6.07) is 22.5. The number of likely N-dealkylation sites (tertiary alicyclic amines) is 1. The maximum atomic E-state index is 14.5. The summed E-state index contributed by atoms with van der Waals surface area (Å²) in [5.41, 5.74) is 2.69. The Labute approximate surface area is 265 Å². The smallest absolute Gasteiger partial charge is 0.239 e. The van der Waals surface area contributed by atoms with E-state index < -0.39 is 10.8 Å². The third-order valence-corrected chi connectivity index (χ3v) is 10.1. The van der Waals surface area contributed by atoms with Crippen LogP contribution in [-0.2, 0) is 20.9 Å². The van der Waals surface area contributed by atoms with Crippen LogP contribution in [0.25, 0.3) is 10.9 Å². The quantitative estimate of drug-likeness (QED) is 0.199. The van der Waals surface area contributed by atoms with Gasteiger partial charge in [0, 0.05) is 63.8 Å². The summed E-state index contributed by atoms with van der Waals surface area (Å²) in [4.78, 5) is 37.0. The monoisotopic (exact) mass is 636 g/mol. The number of aromatic amines is 1. The summed E-state index contributed by atoms with van der Waals surface area (Å²) >= 11 is 14.0. The Morgan fingerprint density at radius 1 is 1.02 bits per heavy atom. The van der Waals surface area contributed by atoms with E-state index in [1.807, 2.05) is 83.9 Å². The van der Waals surface area contributed by atoms with Crippen LogP contribution in [0.5, 0.6) is 0 Å². The highest BCUT2D eigenvalue weighted by Gasteiger charge is 2.58. The number of carbonyl (C=O) groups is 2. The van der Waals surface area contributed by atoms with Crippen molar-refractivity contribution in [3.63, 3.8) is 0 Å². The normalized spacial score (nSPS) is 21.0. The van der Waals surface area contributed by atoms with E-state index in [-0.39, 0.29) is 18.2 Å². The van der Waals surface area contributed by atoms with Crippen LogP contribution in [0, 0.1) is 0 Å². The summed E-state index contributed by atoms with van der Waals surface area (Å²) in [7, 11) is 0. The Kier molecular flexibility index (Phi) is 9.31. The number of nitrogens with zero attached hydrogens (tertiary/aromatic N) is 2. The van der Waals surface area contributed by atoms with Crippen LogP contribution in [0.15, 0.2) is 83.9 Å².